The van der Waals surface area contributed by atoms with Crippen LogP contribution in [0.15, 0.2) is 16.6 Å². The number of hydrogen-bond acceptors (Lipinski definition) is 0. The van der Waals surface area contributed by atoms with Crippen LogP contribution in [0, 0.1) is 6.92 Å². The third-order valence-electron chi connectivity index (χ3n) is 1.65. The van der Waals surface area contributed by atoms with Gasteiger partial charge in [0.2, 0.25) is 0 Å². The predicted octanol–water partition coefficient (Wildman–Crippen LogP) is 4.35. The Bertz CT molecular complexity index is 261. The zero-order chi connectivity index (χ0) is 9.14. The van der Waals surface area contributed by atoms with Gasteiger partial charge in [0.15, 0.2) is 0 Å². The lowest BCUT2D eigenvalue weighted by molar-refractivity contribution is 1.15. The van der Waals surface area contributed by atoms with E-state index in [9.17, 15) is 0 Å². The highest BCUT2D eigenvalue weighted by atomic mass is 79.9. The van der Waals surface area contributed by atoms with Crippen molar-refractivity contribution >= 4 is 43.5 Å². The van der Waals surface area contributed by atoms with Crippen LogP contribution < -0.4 is 0 Å². The molecule has 0 heterocycles. The summed E-state index contributed by atoms with van der Waals surface area (Å²) < 4.78 is 0.986. The predicted molar refractivity (Wildman–Crippen MR) is 61.4 cm³/mol. The lowest BCUT2D eigenvalue weighted by atomic mass is 10.1. The fourth-order valence-corrected chi connectivity index (χ4v) is 2.22. The average molecular weight is 312 g/mol. The molecule has 3 heteroatoms. The molecule has 0 unspecified atom stereocenters. The Morgan fingerprint density at radius 2 is 2.08 bits per heavy atom. The van der Waals surface area contributed by atoms with E-state index in [-0.39, 0.29) is 0 Å². The molecule has 0 saturated carbocycles. The Hall–Kier alpha value is 0.470. The van der Waals surface area contributed by atoms with Gasteiger partial charge in [-0.3, -0.25) is 0 Å². The fraction of sp³-hybridized carbons (Fsp3) is 0.333. The van der Waals surface area contributed by atoms with Crippen LogP contribution in [-0.2, 0) is 6.42 Å². The van der Waals surface area contributed by atoms with E-state index in [1.54, 1.807) is 0 Å². The SMILES string of the molecule is Cc1cc(CCBr)cc(Br)c1Cl. The van der Waals surface area contributed by atoms with Gasteiger partial charge in [-0.25, -0.2) is 0 Å². The summed E-state index contributed by atoms with van der Waals surface area (Å²) in [6, 6.07) is 4.19. The van der Waals surface area contributed by atoms with E-state index in [0.717, 1.165) is 26.8 Å². The summed E-state index contributed by atoms with van der Waals surface area (Å²) in [6.45, 7) is 2.02. The maximum atomic E-state index is 5.99. The van der Waals surface area contributed by atoms with E-state index >= 15 is 0 Å². The van der Waals surface area contributed by atoms with E-state index in [1.165, 1.54) is 5.56 Å². The Kier molecular flexibility index (Phi) is 4.08. The third-order valence-corrected chi connectivity index (χ3v) is 3.40. The molecule has 0 aliphatic carbocycles. The smallest absolute Gasteiger partial charge is 0.0577 e. The lowest BCUT2D eigenvalue weighted by Crippen LogP contribution is -1.88. The van der Waals surface area contributed by atoms with E-state index < -0.39 is 0 Å². The highest BCUT2D eigenvalue weighted by molar-refractivity contribution is 9.10. The number of rotatable bonds is 2. The van der Waals surface area contributed by atoms with Crippen LogP contribution in [0.3, 0.4) is 0 Å². The minimum absolute atomic E-state index is 0.813. The van der Waals surface area contributed by atoms with Gasteiger partial charge in [-0.15, -0.1) is 0 Å². The molecule has 0 atom stereocenters. The quantitative estimate of drug-likeness (QED) is 0.712. The lowest BCUT2D eigenvalue weighted by Gasteiger charge is -2.04. The summed E-state index contributed by atoms with van der Waals surface area (Å²) in [5, 5.41) is 1.80. The van der Waals surface area contributed by atoms with Crippen LogP contribution in [0.2, 0.25) is 5.02 Å². The number of aryl methyl sites for hydroxylation is 2. The Morgan fingerprint density at radius 1 is 1.42 bits per heavy atom. The van der Waals surface area contributed by atoms with Gasteiger partial charge < -0.3 is 0 Å². The third kappa shape index (κ3) is 2.48. The molecule has 0 aromatic heterocycles. The standard InChI is InChI=1S/C9H9Br2Cl/c1-6-4-7(2-3-10)5-8(11)9(6)12/h4-5H,2-3H2,1H3. The Morgan fingerprint density at radius 3 is 2.58 bits per heavy atom. The molecule has 0 fully saturated rings. The van der Waals surface area contributed by atoms with Gasteiger partial charge in [-0.1, -0.05) is 33.6 Å². The Balaban J connectivity index is 3.04. The van der Waals surface area contributed by atoms with Gasteiger partial charge in [0.1, 0.15) is 0 Å². The summed E-state index contributed by atoms with van der Waals surface area (Å²) in [5.41, 5.74) is 2.43. The van der Waals surface area contributed by atoms with Crippen LogP contribution in [0.1, 0.15) is 11.1 Å². The van der Waals surface area contributed by atoms with Gasteiger partial charge in [0, 0.05) is 9.80 Å². The highest BCUT2D eigenvalue weighted by Gasteiger charge is 2.02. The molecule has 1 aromatic carbocycles. The molecule has 0 bridgehead atoms. The molecule has 0 saturated heterocycles. The number of benzene rings is 1. The van der Waals surface area contributed by atoms with E-state index in [1.807, 2.05) is 6.92 Å². The van der Waals surface area contributed by atoms with Crippen molar-refractivity contribution in [3.8, 4) is 0 Å². The minimum Gasteiger partial charge on any atom is -0.0924 e. The largest absolute Gasteiger partial charge is 0.0924 e. The van der Waals surface area contributed by atoms with Gasteiger partial charge in [-0.2, -0.15) is 0 Å². The van der Waals surface area contributed by atoms with Crippen LogP contribution in [0.5, 0.6) is 0 Å². The number of alkyl halides is 1. The molecule has 0 radical (unpaired) electrons. The van der Waals surface area contributed by atoms with Crippen molar-refractivity contribution in [1.82, 2.24) is 0 Å². The molecule has 1 rings (SSSR count). The van der Waals surface area contributed by atoms with Gasteiger partial charge >= 0.3 is 0 Å². The van der Waals surface area contributed by atoms with Crippen molar-refractivity contribution in [2.24, 2.45) is 0 Å². The molecule has 0 nitrogen and oxygen atoms in total. The highest BCUT2D eigenvalue weighted by Crippen LogP contribution is 2.27. The van der Waals surface area contributed by atoms with Crippen molar-refractivity contribution in [2.45, 2.75) is 13.3 Å². The van der Waals surface area contributed by atoms with E-state index in [2.05, 4.69) is 44.0 Å². The fourth-order valence-electron chi connectivity index (χ4n) is 1.05. The first kappa shape index (κ1) is 10.6. The summed E-state index contributed by atoms with van der Waals surface area (Å²) >= 11 is 12.8. The molecule has 12 heavy (non-hydrogen) atoms. The normalized spacial score (nSPS) is 10.3. The van der Waals surface area contributed by atoms with Crippen LogP contribution in [0.4, 0.5) is 0 Å². The van der Waals surface area contributed by atoms with Crippen molar-refractivity contribution in [3.05, 3.63) is 32.8 Å². The second-order valence-electron chi connectivity index (χ2n) is 2.65. The van der Waals surface area contributed by atoms with Crippen LogP contribution >= 0.6 is 43.5 Å². The second-order valence-corrected chi connectivity index (χ2v) is 4.67. The first-order valence-electron chi connectivity index (χ1n) is 3.65. The molecule has 1 aromatic rings. The maximum Gasteiger partial charge on any atom is 0.0577 e. The molecule has 0 amide bonds. The summed E-state index contributed by atoms with van der Waals surface area (Å²) in [6.07, 6.45) is 1.04. The molecule has 0 aliphatic heterocycles. The molecule has 0 N–H and O–H groups in total. The summed E-state index contributed by atoms with van der Waals surface area (Å²) in [7, 11) is 0. The van der Waals surface area contributed by atoms with Gasteiger partial charge in [-0.05, 0) is 46.5 Å². The van der Waals surface area contributed by atoms with Gasteiger partial charge in [0.25, 0.3) is 0 Å². The molecular formula is C9H9Br2Cl. The molecule has 0 spiro atoms. The van der Waals surface area contributed by atoms with Crippen LogP contribution in [-0.4, -0.2) is 5.33 Å². The maximum absolute atomic E-state index is 5.99. The Labute approximate surface area is 94.6 Å². The topological polar surface area (TPSA) is 0 Å². The second kappa shape index (κ2) is 4.64. The molecule has 66 valence electrons. The monoisotopic (exact) mass is 310 g/mol. The average Bonchev–Trinajstić information content (AvgIpc) is 2.01. The zero-order valence-corrected chi connectivity index (χ0v) is 10.6. The number of halogens is 3. The van der Waals surface area contributed by atoms with Crippen molar-refractivity contribution in [2.75, 3.05) is 5.33 Å². The minimum atomic E-state index is 0.813. The van der Waals surface area contributed by atoms with Gasteiger partial charge in [0.05, 0.1) is 5.02 Å². The zero-order valence-electron chi connectivity index (χ0n) is 6.70. The molecule has 0 aliphatic rings. The van der Waals surface area contributed by atoms with Crippen LogP contribution in [0.25, 0.3) is 0 Å². The van der Waals surface area contributed by atoms with E-state index in [4.69, 9.17) is 11.6 Å². The summed E-state index contributed by atoms with van der Waals surface area (Å²) in [5.74, 6) is 0. The van der Waals surface area contributed by atoms with Crippen molar-refractivity contribution in [3.63, 3.8) is 0 Å². The first-order valence-corrected chi connectivity index (χ1v) is 5.95. The number of hydrogen-bond donors (Lipinski definition) is 0. The molecular weight excluding hydrogens is 303 g/mol. The van der Waals surface area contributed by atoms with E-state index in [0.29, 0.717) is 0 Å². The first-order chi connectivity index (χ1) is 5.65. The van der Waals surface area contributed by atoms with Crippen molar-refractivity contribution < 1.29 is 0 Å². The summed E-state index contributed by atoms with van der Waals surface area (Å²) in [4.78, 5) is 0. The van der Waals surface area contributed by atoms with Crippen molar-refractivity contribution in [1.29, 1.82) is 0 Å².